The lowest BCUT2D eigenvalue weighted by Crippen LogP contribution is -2.46. The fraction of sp³-hybridized carbons (Fsp3) is 0.500. The Balaban J connectivity index is 1.89. The number of likely N-dealkylation sites (N-methyl/N-ethyl adjacent to an activating group) is 1. The molecule has 0 bridgehead atoms. The fourth-order valence-electron chi connectivity index (χ4n) is 2.47. The highest BCUT2D eigenvalue weighted by molar-refractivity contribution is 6.31. The van der Waals surface area contributed by atoms with E-state index >= 15 is 0 Å². The van der Waals surface area contributed by atoms with Crippen LogP contribution in [0.5, 0.6) is 0 Å². The number of hydrogen-bond acceptors (Lipinski definition) is 4. The van der Waals surface area contributed by atoms with Gasteiger partial charge in [-0.15, -0.1) is 0 Å². The Morgan fingerprint density at radius 3 is 2.54 bits per heavy atom. The van der Waals surface area contributed by atoms with Gasteiger partial charge in [0.1, 0.15) is 0 Å². The Kier molecular flexibility index (Phi) is 6.85. The molecule has 6 nitrogen and oxygen atoms in total. The summed E-state index contributed by atoms with van der Waals surface area (Å²) >= 11 is 5.54. The minimum Gasteiger partial charge on any atom is -0.378 e. The van der Waals surface area contributed by atoms with Gasteiger partial charge in [0.15, 0.2) is 0 Å². The van der Waals surface area contributed by atoms with Gasteiger partial charge in [-0.25, -0.2) is 0 Å². The molecule has 1 aliphatic rings. The smallest absolute Gasteiger partial charge is 0.378 e. The molecule has 2 amide bonds. The highest BCUT2D eigenvalue weighted by Crippen LogP contribution is 2.36. The number of nitrogens with one attached hydrogen (secondary N) is 1. The molecular formula is C16H19ClF3N3O3. The van der Waals surface area contributed by atoms with E-state index in [1.165, 1.54) is 11.0 Å². The van der Waals surface area contributed by atoms with Gasteiger partial charge in [0, 0.05) is 18.8 Å². The molecular weight excluding hydrogens is 375 g/mol. The van der Waals surface area contributed by atoms with E-state index in [4.69, 9.17) is 16.3 Å². The third kappa shape index (κ3) is 5.86. The number of carbonyl (C=O) groups excluding carboxylic acids is 2. The maximum Gasteiger partial charge on any atom is 0.417 e. The summed E-state index contributed by atoms with van der Waals surface area (Å²) in [5.74, 6) is -0.660. The minimum atomic E-state index is -4.61. The zero-order valence-electron chi connectivity index (χ0n) is 14.1. The standard InChI is InChI=1S/C16H19ClF3N3O3/c1-22(10-15(25)23-4-6-26-7-5-23)9-14(24)21-11-2-3-13(17)12(8-11)16(18,19)20/h2-3,8H,4-7,9-10H2,1H3,(H,21,24). The van der Waals surface area contributed by atoms with E-state index in [1.807, 2.05) is 0 Å². The van der Waals surface area contributed by atoms with Gasteiger partial charge < -0.3 is 15.0 Å². The molecule has 0 saturated carbocycles. The molecule has 0 unspecified atom stereocenters. The van der Waals surface area contributed by atoms with Crippen molar-refractivity contribution in [2.75, 3.05) is 51.8 Å². The number of hydrogen-bond donors (Lipinski definition) is 1. The van der Waals surface area contributed by atoms with Crippen LogP contribution in [-0.2, 0) is 20.5 Å². The second-order valence-corrected chi connectivity index (χ2v) is 6.31. The molecule has 2 rings (SSSR count). The van der Waals surface area contributed by atoms with Crippen LogP contribution in [0.3, 0.4) is 0 Å². The van der Waals surface area contributed by atoms with E-state index in [9.17, 15) is 22.8 Å². The monoisotopic (exact) mass is 393 g/mol. The quantitative estimate of drug-likeness (QED) is 0.832. The second kappa shape index (κ2) is 8.70. The Morgan fingerprint density at radius 1 is 1.27 bits per heavy atom. The lowest BCUT2D eigenvalue weighted by molar-refractivity contribution is -0.138. The maximum atomic E-state index is 12.8. The molecule has 1 aromatic rings. The molecule has 1 fully saturated rings. The predicted molar refractivity (Wildman–Crippen MR) is 90.0 cm³/mol. The Bertz CT molecular complexity index is 664. The SMILES string of the molecule is CN(CC(=O)Nc1ccc(Cl)c(C(F)(F)F)c1)CC(=O)N1CCOCC1. The third-order valence-electron chi connectivity index (χ3n) is 3.74. The lowest BCUT2D eigenvalue weighted by atomic mass is 10.2. The van der Waals surface area contributed by atoms with E-state index in [0.29, 0.717) is 26.3 Å². The average Bonchev–Trinajstić information content (AvgIpc) is 2.56. The number of morpholine rings is 1. The van der Waals surface area contributed by atoms with Crippen LogP contribution in [0.4, 0.5) is 18.9 Å². The third-order valence-corrected chi connectivity index (χ3v) is 4.07. The van der Waals surface area contributed by atoms with Gasteiger partial charge in [-0.1, -0.05) is 11.6 Å². The van der Waals surface area contributed by atoms with Crippen molar-refractivity contribution in [3.63, 3.8) is 0 Å². The molecule has 1 heterocycles. The minimum absolute atomic E-state index is 0.0142. The molecule has 1 aliphatic heterocycles. The van der Waals surface area contributed by atoms with Crippen molar-refractivity contribution in [1.29, 1.82) is 0 Å². The average molecular weight is 394 g/mol. The van der Waals surface area contributed by atoms with Crippen LogP contribution in [0.2, 0.25) is 5.02 Å². The lowest BCUT2D eigenvalue weighted by Gasteiger charge is -2.28. The molecule has 0 radical (unpaired) electrons. The van der Waals surface area contributed by atoms with Crippen LogP contribution in [0.1, 0.15) is 5.56 Å². The molecule has 0 aliphatic carbocycles. The normalized spacial score (nSPS) is 15.2. The van der Waals surface area contributed by atoms with Crippen LogP contribution >= 0.6 is 11.6 Å². The topological polar surface area (TPSA) is 61.9 Å². The number of ether oxygens (including phenoxy) is 1. The Hall–Kier alpha value is -1.84. The number of rotatable bonds is 5. The summed E-state index contributed by atoms with van der Waals surface area (Å²) in [6, 6.07) is 3.14. The first-order valence-electron chi connectivity index (χ1n) is 7.87. The summed E-state index contributed by atoms with van der Waals surface area (Å²) in [7, 11) is 1.58. The first kappa shape index (κ1) is 20.5. The molecule has 26 heavy (non-hydrogen) atoms. The summed E-state index contributed by atoms with van der Waals surface area (Å²) in [5, 5.41) is 1.94. The summed E-state index contributed by atoms with van der Waals surface area (Å²) in [4.78, 5) is 27.3. The van der Waals surface area contributed by atoms with Crippen molar-refractivity contribution < 1.29 is 27.5 Å². The maximum absolute atomic E-state index is 12.8. The van der Waals surface area contributed by atoms with Gasteiger partial charge in [0.2, 0.25) is 11.8 Å². The molecule has 1 N–H and O–H groups in total. The molecule has 0 aromatic heterocycles. The van der Waals surface area contributed by atoms with Crippen LogP contribution < -0.4 is 5.32 Å². The number of halogens is 4. The predicted octanol–water partition coefficient (Wildman–Crippen LogP) is 2.09. The number of nitrogens with zero attached hydrogens (tertiary/aromatic N) is 2. The van der Waals surface area contributed by atoms with Gasteiger partial charge in [-0.3, -0.25) is 14.5 Å². The van der Waals surface area contributed by atoms with Gasteiger partial charge >= 0.3 is 6.18 Å². The van der Waals surface area contributed by atoms with E-state index in [1.54, 1.807) is 11.9 Å². The van der Waals surface area contributed by atoms with Gasteiger partial charge in [0.25, 0.3) is 0 Å². The Labute approximate surface area is 153 Å². The second-order valence-electron chi connectivity index (χ2n) is 5.91. The summed E-state index contributed by atoms with van der Waals surface area (Å²) in [6.07, 6.45) is -4.61. The molecule has 0 spiro atoms. The number of anilines is 1. The van der Waals surface area contributed by atoms with Crippen molar-refractivity contribution in [3.05, 3.63) is 28.8 Å². The molecule has 10 heteroatoms. The van der Waals surface area contributed by atoms with Gasteiger partial charge in [0.05, 0.1) is 36.9 Å². The van der Waals surface area contributed by atoms with Crippen LogP contribution in [-0.4, -0.2) is 68.1 Å². The highest BCUT2D eigenvalue weighted by Gasteiger charge is 2.33. The summed E-state index contributed by atoms with van der Waals surface area (Å²) in [5.41, 5.74) is -1.03. The van der Waals surface area contributed by atoms with Crippen molar-refractivity contribution in [2.45, 2.75) is 6.18 Å². The van der Waals surface area contributed by atoms with Crippen LogP contribution in [0.25, 0.3) is 0 Å². The number of alkyl halides is 3. The van der Waals surface area contributed by atoms with Crippen molar-refractivity contribution in [3.8, 4) is 0 Å². The van der Waals surface area contributed by atoms with Crippen molar-refractivity contribution in [1.82, 2.24) is 9.80 Å². The van der Waals surface area contributed by atoms with Crippen LogP contribution in [0, 0.1) is 0 Å². The van der Waals surface area contributed by atoms with E-state index in [2.05, 4.69) is 5.32 Å². The van der Waals surface area contributed by atoms with E-state index in [-0.39, 0.29) is 24.7 Å². The summed E-state index contributed by atoms with van der Waals surface area (Å²) in [6.45, 7) is 1.86. The largest absolute Gasteiger partial charge is 0.417 e. The number of amides is 2. The fourth-order valence-corrected chi connectivity index (χ4v) is 2.69. The summed E-state index contributed by atoms with van der Waals surface area (Å²) < 4.78 is 43.7. The van der Waals surface area contributed by atoms with Crippen molar-refractivity contribution >= 4 is 29.1 Å². The molecule has 0 atom stereocenters. The first-order valence-corrected chi connectivity index (χ1v) is 8.25. The zero-order valence-corrected chi connectivity index (χ0v) is 14.9. The van der Waals surface area contributed by atoms with Crippen molar-refractivity contribution in [2.24, 2.45) is 0 Å². The molecule has 1 aromatic carbocycles. The van der Waals surface area contributed by atoms with Gasteiger partial charge in [-0.2, -0.15) is 13.2 Å². The number of carbonyl (C=O) groups is 2. The molecule has 1 saturated heterocycles. The zero-order chi connectivity index (χ0) is 19.3. The van der Waals surface area contributed by atoms with E-state index < -0.39 is 22.7 Å². The highest BCUT2D eigenvalue weighted by atomic mass is 35.5. The van der Waals surface area contributed by atoms with E-state index in [0.717, 1.165) is 12.1 Å². The van der Waals surface area contributed by atoms with Crippen LogP contribution in [0.15, 0.2) is 18.2 Å². The first-order chi connectivity index (χ1) is 12.2. The number of benzene rings is 1. The Morgan fingerprint density at radius 2 is 1.92 bits per heavy atom. The molecule has 144 valence electrons. The van der Waals surface area contributed by atoms with Gasteiger partial charge in [-0.05, 0) is 25.2 Å².